The summed E-state index contributed by atoms with van der Waals surface area (Å²) in [7, 11) is 0. The van der Waals surface area contributed by atoms with Gasteiger partial charge in [0.25, 0.3) is 0 Å². The summed E-state index contributed by atoms with van der Waals surface area (Å²) in [5.74, 6) is -0.597. The van der Waals surface area contributed by atoms with Crippen LogP contribution in [-0.4, -0.2) is 36.4 Å². The Morgan fingerprint density at radius 2 is 0.825 bits per heavy atom. The third-order valence-electron chi connectivity index (χ3n) is 7.50. The third-order valence-corrected chi connectivity index (χ3v) is 7.50. The fraction of sp³-hybridized carbons (Fsp3) is 0.886. The molecular formula is C35H66O5. The molecule has 0 radical (unpaired) electrons. The fourth-order valence-corrected chi connectivity index (χ4v) is 4.85. The van der Waals surface area contributed by atoms with Crippen LogP contribution < -0.4 is 0 Å². The molecule has 0 unspecified atom stereocenters. The maximum atomic E-state index is 11.9. The van der Waals surface area contributed by atoms with E-state index in [0.717, 1.165) is 38.5 Å². The molecule has 0 spiro atoms. The predicted molar refractivity (Wildman–Crippen MR) is 168 cm³/mol. The van der Waals surface area contributed by atoms with E-state index in [1.807, 2.05) is 0 Å². The van der Waals surface area contributed by atoms with Gasteiger partial charge in [0.05, 0.1) is 0 Å². The zero-order chi connectivity index (χ0) is 29.4. The normalized spacial score (nSPS) is 12.2. The lowest BCUT2D eigenvalue weighted by Gasteiger charge is -2.12. The van der Waals surface area contributed by atoms with Gasteiger partial charge < -0.3 is 14.6 Å². The van der Waals surface area contributed by atoms with Gasteiger partial charge in [0, 0.05) is 12.8 Å². The zero-order valence-electron chi connectivity index (χ0n) is 26.6. The Balaban J connectivity index is 3.44. The standard InChI is InChI=1S/C35H66O5/c1-3-5-7-9-11-13-15-16-17-18-20-22-24-26-28-30-35(38)40-32-33(36)31-39-34(37)29-27-25-23-21-19-14-12-10-8-6-4-2/h21,23,33,36H,3-20,22,24-32H2,1-2H3/b23-21-/t33-/m0/s1. The molecule has 5 heteroatoms. The quantitative estimate of drug-likeness (QED) is 0.0513. The van der Waals surface area contributed by atoms with Gasteiger partial charge in [-0.1, -0.05) is 148 Å². The van der Waals surface area contributed by atoms with Gasteiger partial charge in [0.15, 0.2) is 0 Å². The Morgan fingerprint density at radius 1 is 0.500 bits per heavy atom. The van der Waals surface area contributed by atoms with Crippen molar-refractivity contribution in [3.05, 3.63) is 12.2 Å². The first-order valence-electron chi connectivity index (χ1n) is 17.2. The first-order valence-corrected chi connectivity index (χ1v) is 17.2. The van der Waals surface area contributed by atoms with Gasteiger partial charge in [-0.3, -0.25) is 9.59 Å². The molecule has 40 heavy (non-hydrogen) atoms. The molecule has 0 aromatic rings. The van der Waals surface area contributed by atoms with Gasteiger partial charge in [-0.2, -0.15) is 0 Å². The molecular weight excluding hydrogens is 500 g/mol. The van der Waals surface area contributed by atoms with Crippen molar-refractivity contribution < 1.29 is 24.2 Å². The van der Waals surface area contributed by atoms with E-state index in [-0.39, 0.29) is 25.2 Å². The van der Waals surface area contributed by atoms with Crippen LogP contribution in [0.2, 0.25) is 0 Å². The number of hydrogen-bond acceptors (Lipinski definition) is 5. The number of aliphatic hydroxyl groups is 1. The second-order valence-corrected chi connectivity index (χ2v) is 11.6. The molecule has 0 amide bonds. The molecule has 0 fully saturated rings. The SMILES string of the molecule is CCCCCCCC/C=C\CCCC(=O)OC[C@H](O)COC(=O)CCCCCCCCCCCCCCCCC. The first-order chi connectivity index (χ1) is 19.6. The highest BCUT2D eigenvalue weighted by Gasteiger charge is 2.12. The van der Waals surface area contributed by atoms with Crippen molar-refractivity contribution in [3.8, 4) is 0 Å². The maximum absolute atomic E-state index is 11.9. The molecule has 0 aromatic carbocycles. The first kappa shape index (κ1) is 38.6. The lowest BCUT2D eigenvalue weighted by atomic mass is 10.0. The summed E-state index contributed by atoms with van der Waals surface area (Å²) in [5.41, 5.74) is 0. The third kappa shape index (κ3) is 31.2. The van der Waals surface area contributed by atoms with Gasteiger partial charge in [-0.25, -0.2) is 0 Å². The second kappa shape index (κ2) is 32.2. The number of allylic oxidation sites excluding steroid dienone is 2. The fourth-order valence-electron chi connectivity index (χ4n) is 4.85. The Hall–Kier alpha value is -1.36. The number of aliphatic hydroxyl groups excluding tert-OH is 1. The molecule has 236 valence electrons. The van der Waals surface area contributed by atoms with Crippen LogP contribution in [0.1, 0.15) is 181 Å². The van der Waals surface area contributed by atoms with Crippen molar-refractivity contribution in [1.82, 2.24) is 0 Å². The van der Waals surface area contributed by atoms with Gasteiger partial charge >= 0.3 is 11.9 Å². The van der Waals surface area contributed by atoms with E-state index < -0.39 is 6.10 Å². The number of unbranched alkanes of at least 4 members (excludes halogenated alkanes) is 21. The lowest BCUT2D eigenvalue weighted by Crippen LogP contribution is -2.25. The van der Waals surface area contributed by atoms with Crippen LogP contribution >= 0.6 is 0 Å². The summed E-state index contributed by atoms with van der Waals surface area (Å²) in [6.07, 6.45) is 34.1. The highest BCUT2D eigenvalue weighted by Crippen LogP contribution is 2.14. The minimum absolute atomic E-state index is 0.119. The van der Waals surface area contributed by atoms with Crippen molar-refractivity contribution in [2.75, 3.05) is 13.2 Å². The maximum Gasteiger partial charge on any atom is 0.305 e. The molecule has 0 aromatic heterocycles. The van der Waals surface area contributed by atoms with Crippen LogP contribution in [0.15, 0.2) is 12.2 Å². The molecule has 0 aliphatic carbocycles. The number of carbonyl (C=O) groups is 2. The minimum atomic E-state index is -0.966. The average Bonchev–Trinajstić information content (AvgIpc) is 2.95. The topological polar surface area (TPSA) is 72.8 Å². The van der Waals surface area contributed by atoms with E-state index in [4.69, 9.17) is 9.47 Å². The lowest BCUT2D eigenvalue weighted by molar-refractivity contribution is -0.152. The van der Waals surface area contributed by atoms with Gasteiger partial charge in [-0.15, -0.1) is 0 Å². The van der Waals surface area contributed by atoms with Crippen LogP contribution in [0.4, 0.5) is 0 Å². The summed E-state index contributed by atoms with van der Waals surface area (Å²) in [5, 5.41) is 9.95. The summed E-state index contributed by atoms with van der Waals surface area (Å²) in [6, 6.07) is 0. The Bertz CT molecular complexity index is 574. The Labute approximate surface area is 248 Å². The monoisotopic (exact) mass is 566 g/mol. The Morgan fingerprint density at radius 3 is 1.25 bits per heavy atom. The van der Waals surface area contributed by atoms with Crippen LogP contribution in [0, 0.1) is 0 Å². The molecule has 0 aliphatic rings. The van der Waals surface area contributed by atoms with E-state index in [9.17, 15) is 14.7 Å². The summed E-state index contributed by atoms with van der Waals surface area (Å²) in [6.45, 7) is 4.26. The molecule has 1 N–H and O–H groups in total. The van der Waals surface area contributed by atoms with E-state index >= 15 is 0 Å². The van der Waals surface area contributed by atoms with Crippen LogP contribution in [0.25, 0.3) is 0 Å². The van der Waals surface area contributed by atoms with Gasteiger partial charge in [0.1, 0.15) is 19.3 Å². The van der Waals surface area contributed by atoms with Gasteiger partial charge in [-0.05, 0) is 32.1 Å². The average molecular weight is 567 g/mol. The van der Waals surface area contributed by atoms with Crippen molar-refractivity contribution >= 4 is 11.9 Å². The molecule has 0 saturated carbocycles. The van der Waals surface area contributed by atoms with Crippen LogP contribution in [-0.2, 0) is 19.1 Å². The number of rotatable bonds is 31. The van der Waals surface area contributed by atoms with E-state index in [1.54, 1.807) is 0 Å². The van der Waals surface area contributed by atoms with Gasteiger partial charge in [0.2, 0.25) is 0 Å². The molecule has 5 nitrogen and oxygen atoms in total. The predicted octanol–water partition coefficient (Wildman–Crippen LogP) is 10.2. The van der Waals surface area contributed by atoms with Crippen molar-refractivity contribution in [3.63, 3.8) is 0 Å². The summed E-state index contributed by atoms with van der Waals surface area (Å²) >= 11 is 0. The van der Waals surface area contributed by atoms with E-state index in [0.29, 0.717) is 12.8 Å². The van der Waals surface area contributed by atoms with E-state index in [2.05, 4.69) is 26.0 Å². The largest absolute Gasteiger partial charge is 0.463 e. The number of carbonyl (C=O) groups excluding carboxylic acids is 2. The van der Waals surface area contributed by atoms with Crippen molar-refractivity contribution in [1.29, 1.82) is 0 Å². The number of hydrogen-bond donors (Lipinski definition) is 1. The van der Waals surface area contributed by atoms with Crippen LogP contribution in [0.5, 0.6) is 0 Å². The smallest absolute Gasteiger partial charge is 0.305 e. The Kier molecular flexibility index (Phi) is 31.1. The molecule has 1 atom stereocenters. The highest BCUT2D eigenvalue weighted by molar-refractivity contribution is 5.69. The number of ether oxygens (including phenoxy) is 2. The summed E-state index contributed by atoms with van der Waals surface area (Å²) in [4.78, 5) is 23.7. The molecule has 0 saturated heterocycles. The van der Waals surface area contributed by atoms with Crippen molar-refractivity contribution in [2.24, 2.45) is 0 Å². The van der Waals surface area contributed by atoms with Crippen molar-refractivity contribution in [2.45, 2.75) is 187 Å². The highest BCUT2D eigenvalue weighted by atomic mass is 16.6. The number of esters is 2. The molecule has 0 rings (SSSR count). The summed E-state index contributed by atoms with van der Waals surface area (Å²) < 4.78 is 10.3. The minimum Gasteiger partial charge on any atom is -0.463 e. The molecule has 0 bridgehead atoms. The van der Waals surface area contributed by atoms with E-state index in [1.165, 1.54) is 116 Å². The van der Waals surface area contributed by atoms with Crippen LogP contribution in [0.3, 0.4) is 0 Å². The second-order valence-electron chi connectivity index (χ2n) is 11.6. The molecule has 0 heterocycles. The molecule has 0 aliphatic heterocycles. The zero-order valence-corrected chi connectivity index (χ0v) is 26.6.